The van der Waals surface area contributed by atoms with Crippen molar-refractivity contribution < 1.29 is 18.3 Å². The normalized spacial score (nSPS) is 18.2. The molecule has 0 amide bonds. The van der Waals surface area contributed by atoms with Gasteiger partial charge >= 0.3 is 5.97 Å². The van der Waals surface area contributed by atoms with Crippen LogP contribution >= 0.6 is 11.6 Å². The monoisotopic (exact) mass is 457 g/mol. The molecule has 0 aromatic carbocycles. The Morgan fingerprint density at radius 1 is 1.35 bits per heavy atom. The molecule has 2 atom stereocenters. The molecule has 1 aliphatic heterocycles. The summed E-state index contributed by atoms with van der Waals surface area (Å²) in [5.41, 5.74) is 1.16. The van der Waals surface area contributed by atoms with Crippen molar-refractivity contribution in [3.05, 3.63) is 35.3 Å². The van der Waals surface area contributed by atoms with Crippen LogP contribution in [0.4, 0.5) is 14.5 Å². The minimum atomic E-state index is -2.62. The maximum Gasteiger partial charge on any atom is 0.358 e. The van der Waals surface area contributed by atoms with Gasteiger partial charge in [0.2, 0.25) is 5.96 Å². The number of ether oxygens (including phenoxy) is 1. The van der Waals surface area contributed by atoms with Gasteiger partial charge in [0.15, 0.2) is 5.69 Å². The van der Waals surface area contributed by atoms with Crippen molar-refractivity contribution in [2.24, 2.45) is 10.9 Å². The molecule has 0 radical (unpaired) electrons. The maximum atomic E-state index is 13.5. The summed E-state index contributed by atoms with van der Waals surface area (Å²) < 4.78 is 31.8. The van der Waals surface area contributed by atoms with Gasteiger partial charge in [-0.1, -0.05) is 25.1 Å². The van der Waals surface area contributed by atoms with E-state index in [-0.39, 0.29) is 48.7 Å². The van der Waals surface area contributed by atoms with E-state index in [1.807, 2.05) is 32.8 Å². The van der Waals surface area contributed by atoms with E-state index in [0.29, 0.717) is 17.3 Å². The van der Waals surface area contributed by atoms with Crippen LogP contribution < -0.4 is 5.32 Å². The van der Waals surface area contributed by atoms with Crippen molar-refractivity contribution in [2.45, 2.75) is 38.7 Å². The highest BCUT2D eigenvalue weighted by atomic mass is 35.5. The van der Waals surface area contributed by atoms with Gasteiger partial charge in [0.25, 0.3) is 5.92 Å². The number of hydrogen-bond acceptors (Lipinski definition) is 5. The number of piperidine rings is 1. The summed E-state index contributed by atoms with van der Waals surface area (Å²) in [4.78, 5) is 24.4. The van der Waals surface area contributed by atoms with Gasteiger partial charge in [-0.25, -0.2) is 23.6 Å². The van der Waals surface area contributed by atoms with Crippen molar-refractivity contribution in [3.63, 3.8) is 0 Å². The SMILES string of the molecule is C=C(/N=C(\N(C)C)N1CCC(F)(F)CC1)C(C)C(C)Nc1ccc(Cl)nc1C(=O)OC. The largest absolute Gasteiger partial charge is 0.464 e. The highest BCUT2D eigenvalue weighted by molar-refractivity contribution is 6.29. The summed E-state index contributed by atoms with van der Waals surface area (Å²) in [6.45, 7) is 8.44. The Labute approximate surface area is 187 Å². The van der Waals surface area contributed by atoms with Crippen LogP contribution in [0, 0.1) is 5.92 Å². The first-order valence-corrected chi connectivity index (χ1v) is 10.4. The lowest BCUT2D eigenvalue weighted by Crippen LogP contribution is -2.47. The number of alkyl halides is 2. The van der Waals surface area contributed by atoms with Crippen molar-refractivity contribution in [2.75, 3.05) is 39.6 Å². The molecule has 0 bridgehead atoms. The number of aromatic nitrogens is 1. The van der Waals surface area contributed by atoms with Crippen molar-refractivity contribution in [1.29, 1.82) is 0 Å². The fourth-order valence-electron chi connectivity index (χ4n) is 3.18. The van der Waals surface area contributed by atoms with Crippen LogP contribution in [-0.2, 0) is 4.74 Å². The first-order valence-electron chi connectivity index (χ1n) is 10.0. The smallest absolute Gasteiger partial charge is 0.358 e. The zero-order chi connectivity index (χ0) is 23.3. The van der Waals surface area contributed by atoms with Gasteiger partial charge in [-0.05, 0) is 19.1 Å². The number of carbonyl (C=O) groups excluding carboxylic acids is 1. The number of aliphatic imine (C=N–C) groups is 1. The molecule has 1 saturated heterocycles. The number of methoxy groups -OCH3 is 1. The number of halogens is 3. The minimum absolute atomic E-state index is 0.0892. The van der Waals surface area contributed by atoms with E-state index in [0.717, 1.165) is 0 Å². The molecule has 2 heterocycles. The summed E-state index contributed by atoms with van der Waals surface area (Å²) in [6, 6.07) is 3.07. The van der Waals surface area contributed by atoms with E-state index in [4.69, 9.17) is 16.3 Å². The number of guanidine groups is 1. The molecule has 1 fully saturated rings. The first-order chi connectivity index (χ1) is 14.4. The average molecular weight is 458 g/mol. The third-order valence-corrected chi connectivity index (χ3v) is 5.53. The van der Waals surface area contributed by atoms with Crippen LogP contribution in [-0.4, -0.2) is 73.0 Å². The Balaban J connectivity index is 2.15. The van der Waals surface area contributed by atoms with Gasteiger partial charge in [0.05, 0.1) is 12.8 Å². The zero-order valence-electron chi connectivity index (χ0n) is 18.6. The lowest BCUT2D eigenvalue weighted by atomic mass is 10.00. The Bertz CT molecular complexity index is 837. The summed E-state index contributed by atoms with van der Waals surface area (Å²) in [7, 11) is 4.93. The Morgan fingerprint density at radius 3 is 2.52 bits per heavy atom. The second-order valence-electron chi connectivity index (χ2n) is 7.88. The molecule has 0 saturated carbocycles. The van der Waals surface area contributed by atoms with Gasteiger partial charge in [0, 0.05) is 57.7 Å². The zero-order valence-corrected chi connectivity index (χ0v) is 19.3. The van der Waals surface area contributed by atoms with Gasteiger partial charge < -0.3 is 19.9 Å². The number of likely N-dealkylation sites (tertiary alicyclic amines) is 1. The van der Waals surface area contributed by atoms with Crippen LogP contribution in [0.5, 0.6) is 0 Å². The van der Waals surface area contributed by atoms with Crippen LogP contribution in [0.1, 0.15) is 37.2 Å². The predicted octanol–water partition coefficient (Wildman–Crippen LogP) is 4.12. The minimum Gasteiger partial charge on any atom is -0.464 e. The van der Waals surface area contributed by atoms with Crippen LogP contribution in [0.2, 0.25) is 5.15 Å². The molecule has 7 nitrogen and oxygen atoms in total. The predicted molar refractivity (Wildman–Crippen MR) is 119 cm³/mol. The van der Waals surface area contributed by atoms with Gasteiger partial charge in [-0.2, -0.15) is 0 Å². The number of rotatable bonds is 6. The topological polar surface area (TPSA) is 70.1 Å². The van der Waals surface area contributed by atoms with Crippen molar-refractivity contribution >= 4 is 29.2 Å². The Morgan fingerprint density at radius 2 is 1.97 bits per heavy atom. The molecular weight excluding hydrogens is 428 g/mol. The summed E-state index contributed by atoms with van der Waals surface area (Å²) in [6.07, 6.45) is -0.389. The molecule has 172 valence electrons. The lowest BCUT2D eigenvalue weighted by Gasteiger charge is -2.36. The average Bonchev–Trinajstić information content (AvgIpc) is 2.72. The summed E-state index contributed by atoms with van der Waals surface area (Å²) in [5, 5.41) is 3.43. The quantitative estimate of drug-likeness (QED) is 0.300. The van der Waals surface area contributed by atoms with Gasteiger partial charge in [-0.15, -0.1) is 0 Å². The second kappa shape index (κ2) is 10.3. The van der Waals surface area contributed by atoms with Crippen LogP contribution in [0.15, 0.2) is 29.4 Å². The highest BCUT2D eigenvalue weighted by Crippen LogP contribution is 2.29. The number of carbonyl (C=O) groups is 1. The van der Waals surface area contributed by atoms with E-state index < -0.39 is 11.9 Å². The molecule has 2 unspecified atom stereocenters. The van der Waals surface area contributed by atoms with Gasteiger partial charge in [0.1, 0.15) is 5.15 Å². The summed E-state index contributed by atoms with van der Waals surface area (Å²) >= 11 is 5.91. The number of nitrogens with zero attached hydrogens (tertiary/aromatic N) is 4. The molecule has 1 aromatic rings. The number of anilines is 1. The molecule has 1 aromatic heterocycles. The van der Waals surface area contributed by atoms with Crippen LogP contribution in [0.25, 0.3) is 0 Å². The Kier molecular flexibility index (Phi) is 8.22. The third kappa shape index (κ3) is 6.53. The standard InChI is InChI=1S/C21H30ClF2N5O2/c1-13(14(2)25-16-7-8-17(22)27-18(16)19(30)31-6)15(3)26-20(28(4)5)29-11-9-21(23,24)10-12-29/h7-8,13-14,25H,3,9-12H2,1-2,4-6H3/b26-20+. The maximum absolute atomic E-state index is 13.5. The molecule has 0 spiro atoms. The number of esters is 1. The molecule has 1 N–H and O–H groups in total. The molecule has 0 aliphatic carbocycles. The van der Waals surface area contributed by atoms with Gasteiger partial charge in [-0.3, -0.25) is 0 Å². The fourth-order valence-corrected chi connectivity index (χ4v) is 3.33. The fraction of sp³-hybridized carbons (Fsp3) is 0.571. The molecular formula is C21H30ClF2N5O2. The molecule has 2 rings (SSSR count). The van der Waals surface area contributed by atoms with Crippen molar-refractivity contribution in [1.82, 2.24) is 14.8 Å². The highest BCUT2D eigenvalue weighted by Gasteiger charge is 2.35. The van der Waals surface area contributed by atoms with E-state index in [1.54, 1.807) is 17.0 Å². The number of hydrogen-bond donors (Lipinski definition) is 1. The molecule has 1 aliphatic rings. The summed E-state index contributed by atoms with van der Waals surface area (Å²) in [5.74, 6) is -2.76. The number of nitrogens with one attached hydrogen (secondary N) is 1. The van der Waals surface area contributed by atoms with E-state index in [9.17, 15) is 13.6 Å². The number of pyridine rings is 1. The molecule has 31 heavy (non-hydrogen) atoms. The second-order valence-corrected chi connectivity index (χ2v) is 8.27. The third-order valence-electron chi connectivity index (χ3n) is 5.32. The van der Waals surface area contributed by atoms with E-state index >= 15 is 0 Å². The van der Waals surface area contributed by atoms with E-state index in [2.05, 4.69) is 21.9 Å². The molecule has 10 heteroatoms. The Hall–Kier alpha value is -2.42. The van der Waals surface area contributed by atoms with Crippen LogP contribution in [0.3, 0.4) is 0 Å². The lowest BCUT2D eigenvalue weighted by molar-refractivity contribution is -0.0447. The van der Waals surface area contributed by atoms with Crippen molar-refractivity contribution in [3.8, 4) is 0 Å². The first kappa shape index (κ1) is 24.8. The van der Waals surface area contributed by atoms with E-state index in [1.165, 1.54) is 7.11 Å².